The summed E-state index contributed by atoms with van der Waals surface area (Å²) in [4.78, 5) is 12.4. The topological polar surface area (TPSA) is 66.6 Å². The molecule has 1 unspecified atom stereocenters. The fourth-order valence-corrected chi connectivity index (χ4v) is 2.17. The maximum atomic E-state index is 10.7. The van der Waals surface area contributed by atoms with Gasteiger partial charge in [-0.15, -0.1) is 12.4 Å². The number of nitro benzene ring substituents is 1. The van der Waals surface area contributed by atoms with E-state index in [0.717, 1.165) is 0 Å². The second-order valence-corrected chi connectivity index (χ2v) is 5.25. The minimum absolute atomic E-state index is 0. The molecule has 1 aromatic carbocycles. The van der Waals surface area contributed by atoms with Crippen LogP contribution in [0.3, 0.4) is 0 Å². The highest BCUT2D eigenvalue weighted by atomic mass is 35.5. The molecule has 20 heavy (non-hydrogen) atoms. The fourth-order valence-electron chi connectivity index (χ4n) is 2.17. The van der Waals surface area contributed by atoms with E-state index in [-0.39, 0.29) is 18.1 Å². The Morgan fingerprint density at radius 3 is 2.25 bits per heavy atom. The molecule has 1 rings (SSSR count). The molecule has 0 amide bonds. The molecule has 0 fully saturated rings. The van der Waals surface area contributed by atoms with E-state index in [1.54, 1.807) is 12.1 Å². The molecule has 0 aliphatic heterocycles. The largest absolute Gasteiger partial charge is 0.387 e. The Morgan fingerprint density at radius 1 is 1.25 bits per heavy atom. The lowest BCUT2D eigenvalue weighted by Gasteiger charge is -2.32. The molecular formula is C14H23ClN2O3. The van der Waals surface area contributed by atoms with Crippen LogP contribution in [-0.4, -0.2) is 33.6 Å². The van der Waals surface area contributed by atoms with E-state index in [4.69, 9.17) is 0 Å². The highest BCUT2D eigenvalue weighted by Gasteiger charge is 2.19. The summed E-state index contributed by atoms with van der Waals surface area (Å²) in [6.07, 6.45) is -0.718. The number of nitrogens with zero attached hydrogens (tertiary/aromatic N) is 2. The van der Waals surface area contributed by atoms with Gasteiger partial charge in [-0.2, -0.15) is 0 Å². The van der Waals surface area contributed by atoms with Gasteiger partial charge < -0.3 is 5.11 Å². The van der Waals surface area contributed by atoms with E-state index in [2.05, 4.69) is 32.6 Å². The Balaban J connectivity index is 0.00000361. The molecule has 6 heteroatoms. The molecule has 114 valence electrons. The minimum atomic E-state index is -0.718. The van der Waals surface area contributed by atoms with Gasteiger partial charge in [0.2, 0.25) is 0 Å². The second kappa shape index (κ2) is 8.19. The molecular weight excluding hydrogens is 280 g/mol. The van der Waals surface area contributed by atoms with Gasteiger partial charge >= 0.3 is 0 Å². The normalized spacial score (nSPS) is 12.6. The molecule has 0 radical (unpaired) electrons. The van der Waals surface area contributed by atoms with Crippen LogP contribution < -0.4 is 0 Å². The van der Waals surface area contributed by atoms with Gasteiger partial charge in [0.15, 0.2) is 0 Å². The van der Waals surface area contributed by atoms with E-state index in [0.29, 0.717) is 24.2 Å². The Kier molecular flexibility index (Phi) is 7.71. The van der Waals surface area contributed by atoms with E-state index >= 15 is 0 Å². The van der Waals surface area contributed by atoms with Crippen molar-refractivity contribution in [3.8, 4) is 0 Å². The van der Waals surface area contributed by atoms with Gasteiger partial charge in [-0.1, -0.05) is 12.1 Å². The molecule has 1 aromatic rings. The molecule has 0 spiro atoms. The van der Waals surface area contributed by atoms with Gasteiger partial charge in [0.05, 0.1) is 11.0 Å². The van der Waals surface area contributed by atoms with Gasteiger partial charge in [0.25, 0.3) is 5.69 Å². The Morgan fingerprint density at radius 2 is 1.80 bits per heavy atom. The fraction of sp³-hybridized carbons (Fsp3) is 0.571. The van der Waals surface area contributed by atoms with Crippen molar-refractivity contribution in [2.75, 3.05) is 6.54 Å². The molecule has 0 heterocycles. The third kappa shape index (κ3) is 5.07. The Labute approximate surface area is 126 Å². The number of rotatable bonds is 6. The third-order valence-corrected chi connectivity index (χ3v) is 3.18. The van der Waals surface area contributed by atoms with Crippen LogP contribution in [0, 0.1) is 10.1 Å². The first-order chi connectivity index (χ1) is 8.82. The Hall–Kier alpha value is -1.17. The number of hydrogen-bond donors (Lipinski definition) is 1. The third-order valence-electron chi connectivity index (χ3n) is 3.18. The lowest BCUT2D eigenvalue weighted by molar-refractivity contribution is -0.385. The summed E-state index contributed by atoms with van der Waals surface area (Å²) in [6.45, 7) is 8.75. The molecule has 1 N–H and O–H groups in total. The molecule has 1 atom stereocenters. The van der Waals surface area contributed by atoms with Crippen LogP contribution in [0.15, 0.2) is 24.3 Å². The number of benzene rings is 1. The van der Waals surface area contributed by atoms with Crippen LogP contribution in [0.2, 0.25) is 0 Å². The van der Waals surface area contributed by atoms with E-state index in [1.165, 1.54) is 12.1 Å². The van der Waals surface area contributed by atoms with Gasteiger partial charge in [-0.05, 0) is 33.3 Å². The predicted molar refractivity (Wildman–Crippen MR) is 82.3 cm³/mol. The summed E-state index contributed by atoms with van der Waals surface area (Å²) in [7, 11) is 0. The maximum absolute atomic E-state index is 10.7. The summed E-state index contributed by atoms with van der Waals surface area (Å²) in [6, 6.07) is 6.81. The van der Waals surface area contributed by atoms with Crippen LogP contribution in [0.5, 0.6) is 0 Å². The van der Waals surface area contributed by atoms with Gasteiger partial charge in [0, 0.05) is 30.8 Å². The monoisotopic (exact) mass is 302 g/mol. The van der Waals surface area contributed by atoms with Crippen molar-refractivity contribution < 1.29 is 10.0 Å². The van der Waals surface area contributed by atoms with Crippen LogP contribution in [-0.2, 0) is 0 Å². The van der Waals surface area contributed by atoms with Crippen LogP contribution in [0.4, 0.5) is 5.69 Å². The number of non-ortho nitro benzene ring substituents is 1. The average molecular weight is 303 g/mol. The zero-order chi connectivity index (χ0) is 14.6. The van der Waals surface area contributed by atoms with Crippen molar-refractivity contribution >= 4 is 18.1 Å². The highest BCUT2D eigenvalue weighted by Crippen LogP contribution is 2.21. The summed E-state index contributed by atoms with van der Waals surface area (Å²) in [5.74, 6) is 0. The zero-order valence-corrected chi connectivity index (χ0v) is 13.1. The molecule has 0 aromatic heterocycles. The smallest absolute Gasteiger partial charge is 0.269 e. The molecule has 0 saturated heterocycles. The second-order valence-electron chi connectivity index (χ2n) is 5.25. The SMILES string of the molecule is CC(C)N(CC(O)c1cccc([N+](=O)[O-])c1)C(C)C.Cl. The van der Waals surface area contributed by atoms with Crippen molar-refractivity contribution in [3.63, 3.8) is 0 Å². The van der Waals surface area contributed by atoms with E-state index in [9.17, 15) is 15.2 Å². The molecule has 0 aliphatic rings. The van der Waals surface area contributed by atoms with Crippen LogP contribution >= 0.6 is 12.4 Å². The number of hydrogen-bond acceptors (Lipinski definition) is 4. The van der Waals surface area contributed by atoms with Crippen molar-refractivity contribution in [3.05, 3.63) is 39.9 Å². The first kappa shape index (κ1) is 18.8. The van der Waals surface area contributed by atoms with Gasteiger partial charge in [-0.3, -0.25) is 15.0 Å². The lowest BCUT2D eigenvalue weighted by atomic mass is 10.1. The van der Waals surface area contributed by atoms with Gasteiger partial charge in [-0.25, -0.2) is 0 Å². The molecule has 0 bridgehead atoms. The number of aliphatic hydroxyl groups excluding tert-OH is 1. The van der Waals surface area contributed by atoms with E-state index in [1.807, 2.05) is 0 Å². The summed E-state index contributed by atoms with van der Waals surface area (Å²) in [5.41, 5.74) is 0.595. The van der Waals surface area contributed by atoms with Crippen molar-refractivity contribution in [1.29, 1.82) is 0 Å². The van der Waals surface area contributed by atoms with Crippen molar-refractivity contribution in [2.45, 2.75) is 45.9 Å². The first-order valence-corrected chi connectivity index (χ1v) is 6.51. The standard InChI is InChI=1S/C14H22N2O3.ClH/c1-10(2)15(11(3)4)9-14(17)12-6-5-7-13(8-12)16(18)19;/h5-8,10-11,14,17H,9H2,1-4H3;1H. The Bertz CT molecular complexity index is 430. The summed E-state index contributed by atoms with van der Waals surface area (Å²) >= 11 is 0. The van der Waals surface area contributed by atoms with Crippen LogP contribution in [0.25, 0.3) is 0 Å². The zero-order valence-electron chi connectivity index (χ0n) is 12.3. The number of nitro groups is 1. The maximum Gasteiger partial charge on any atom is 0.269 e. The lowest BCUT2D eigenvalue weighted by Crippen LogP contribution is -2.39. The molecule has 0 saturated carbocycles. The van der Waals surface area contributed by atoms with Gasteiger partial charge in [0.1, 0.15) is 0 Å². The van der Waals surface area contributed by atoms with Crippen molar-refractivity contribution in [1.82, 2.24) is 4.90 Å². The van der Waals surface area contributed by atoms with Crippen molar-refractivity contribution in [2.24, 2.45) is 0 Å². The summed E-state index contributed by atoms with van der Waals surface area (Å²) in [5, 5.41) is 21.0. The first-order valence-electron chi connectivity index (χ1n) is 6.51. The van der Waals surface area contributed by atoms with Crippen LogP contribution in [0.1, 0.15) is 39.4 Å². The molecule has 5 nitrogen and oxygen atoms in total. The predicted octanol–water partition coefficient (Wildman–Crippen LogP) is 3.17. The highest BCUT2D eigenvalue weighted by molar-refractivity contribution is 5.85. The average Bonchev–Trinajstić information content (AvgIpc) is 2.34. The van der Waals surface area contributed by atoms with E-state index < -0.39 is 11.0 Å². The minimum Gasteiger partial charge on any atom is -0.387 e. The molecule has 0 aliphatic carbocycles. The number of aliphatic hydroxyl groups is 1. The number of halogens is 1. The summed E-state index contributed by atoms with van der Waals surface area (Å²) < 4.78 is 0. The quantitative estimate of drug-likeness (QED) is 0.647.